The van der Waals surface area contributed by atoms with Crippen LogP contribution < -0.4 is 5.32 Å². The van der Waals surface area contributed by atoms with Crippen molar-refractivity contribution in [3.05, 3.63) is 35.1 Å². The Hall–Kier alpha value is -2.44. The SMILES string of the molecule is COC(=O)C[C@@H]1C(=O)NCCN1C(=O)Cc1cc(F)ccc1C. The average molecular weight is 322 g/mol. The summed E-state index contributed by atoms with van der Waals surface area (Å²) in [7, 11) is 1.23. The lowest BCUT2D eigenvalue weighted by atomic mass is 10.0. The van der Waals surface area contributed by atoms with Gasteiger partial charge in [-0.1, -0.05) is 6.07 Å². The van der Waals surface area contributed by atoms with Crippen LogP contribution in [0.2, 0.25) is 0 Å². The third-order valence-electron chi connectivity index (χ3n) is 3.89. The van der Waals surface area contributed by atoms with Crippen molar-refractivity contribution >= 4 is 17.8 Å². The van der Waals surface area contributed by atoms with Gasteiger partial charge in [-0.15, -0.1) is 0 Å². The number of methoxy groups -OCH3 is 1. The number of ether oxygens (including phenoxy) is 1. The molecular formula is C16H19FN2O4. The van der Waals surface area contributed by atoms with Crippen molar-refractivity contribution in [3.63, 3.8) is 0 Å². The topological polar surface area (TPSA) is 75.7 Å². The number of nitrogens with one attached hydrogen (secondary N) is 1. The highest BCUT2D eigenvalue weighted by Crippen LogP contribution is 2.16. The molecule has 0 radical (unpaired) electrons. The molecule has 23 heavy (non-hydrogen) atoms. The number of benzene rings is 1. The quantitative estimate of drug-likeness (QED) is 0.822. The Kier molecular flexibility index (Phi) is 5.31. The summed E-state index contributed by atoms with van der Waals surface area (Å²) in [5, 5.41) is 2.63. The van der Waals surface area contributed by atoms with Crippen LogP contribution in [0.15, 0.2) is 18.2 Å². The third kappa shape index (κ3) is 4.06. The van der Waals surface area contributed by atoms with E-state index < -0.39 is 17.8 Å². The molecular weight excluding hydrogens is 303 g/mol. The number of rotatable bonds is 4. The molecule has 0 bridgehead atoms. The van der Waals surface area contributed by atoms with Crippen molar-refractivity contribution in [2.45, 2.75) is 25.8 Å². The molecule has 7 heteroatoms. The minimum Gasteiger partial charge on any atom is -0.469 e. The second kappa shape index (κ2) is 7.21. The lowest BCUT2D eigenvalue weighted by molar-refractivity contribution is -0.150. The van der Waals surface area contributed by atoms with E-state index in [1.807, 2.05) is 0 Å². The first kappa shape index (κ1) is 16.9. The summed E-state index contributed by atoms with van der Waals surface area (Å²) in [6.45, 7) is 2.42. The number of esters is 1. The molecule has 1 N–H and O–H groups in total. The van der Waals surface area contributed by atoms with Gasteiger partial charge >= 0.3 is 5.97 Å². The number of carbonyl (C=O) groups is 3. The predicted octanol–water partition coefficient (Wildman–Crippen LogP) is 0.567. The molecule has 2 amide bonds. The van der Waals surface area contributed by atoms with Crippen molar-refractivity contribution in [2.75, 3.05) is 20.2 Å². The molecule has 2 rings (SSSR count). The molecule has 0 aromatic heterocycles. The van der Waals surface area contributed by atoms with Gasteiger partial charge in [0.15, 0.2) is 0 Å². The standard InChI is InChI=1S/C16H19FN2O4/c1-10-3-4-12(17)7-11(10)8-14(20)19-6-5-18-16(22)13(19)9-15(21)23-2/h3-4,7,13H,5-6,8-9H2,1-2H3,(H,18,22)/t13-/m1/s1. The van der Waals surface area contributed by atoms with Crippen LogP contribution in [-0.4, -0.2) is 48.9 Å². The van der Waals surface area contributed by atoms with Crippen LogP contribution in [0.1, 0.15) is 17.5 Å². The summed E-state index contributed by atoms with van der Waals surface area (Å²) in [4.78, 5) is 37.3. The number of halogens is 1. The predicted molar refractivity (Wildman–Crippen MR) is 80.0 cm³/mol. The van der Waals surface area contributed by atoms with E-state index in [0.717, 1.165) is 5.56 Å². The lowest BCUT2D eigenvalue weighted by Crippen LogP contribution is -2.58. The Morgan fingerprint density at radius 1 is 1.43 bits per heavy atom. The Labute approximate surface area is 133 Å². The number of piperazine rings is 1. The summed E-state index contributed by atoms with van der Waals surface area (Å²) in [6, 6.07) is 3.36. The molecule has 0 saturated carbocycles. The Morgan fingerprint density at radius 3 is 2.87 bits per heavy atom. The van der Waals surface area contributed by atoms with Gasteiger partial charge in [0.05, 0.1) is 20.0 Å². The van der Waals surface area contributed by atoms with Gasteiger partial charge < -0.3 is 15.0 Å². The normalized spacial score (nSPS) is 17.6. The van der Waals surface area contributed by atoms with Crippen LogP contribution in [-0.2, 0) is 25.5 Å². The van der Waals surface area contributed by atoms with Crippen molar-refractivity contribution < 1.29 is 23.5 Å². The van der Waals surface area contributed by atoms with Crippen LogP contribution in [0.25, 0.3) is 0 Å². The molecule has 0 unspecified atom stereocenters. The first-order chi connectivity index (χ1) is 10.9. The summed E-state index contributed by atoms with van der Waals surface area (Å²) in [5.74, 6) is -1.68. The maximum absolute atomic E-state index is 13.3. The fourth-order valence-electron chi connectivity index (χ4n) is 2.55. The van der Waals surface area contributed by atoms with Crippen LogP contribution in [0.3, 0.4) is 0 Å². The van der Waals surface area contributed by atoms with E-state index in [4.69, 9.17) is 0 Å². The molecule has 0 aliphatic carbocycles. The second-order valence-electron chi connectivity index (χ2n) is 5.42. The molecule has 1 aliphatic rings. The van der Waals surface area contributed by atoms with E-state index in [2.05, 4.69) is 10.1 Å². The van der Waals surface area contributed by atoms with Gasteiger partial charge in [-0.05, 0) is 30.2 Å². The third-order valence-corrected chi connectivity index (χ3v) is 3.89. The summed E-state index contributed by atoms with van der Waals surface area (Å²) in [6.07, 6.45) is -0.218. The number of amides is 2. The molecule has 0 spiro atoms. The molecule has 1 atom stereocenters. The van der Waals surface area contributed by atoms with Gasteiger partial charge in [-0.3, -0.25) is 14.4 Å². The average Bonchev–Trinajstić information content (AvgIpc) is 2.52. The van der Waals surface area contributed by atoms with Crippen LogP contribution in [0.4, 0.5) is 4.39 Å². The number of nitrogens with zero attached hydrogens (tertiary/aromatic N) is 1. The zero-order valence-corrected chi connectivity index (χ0v) is 13.1. The smallest absolute Gasteiger partial charge is 0.308 e. The fourth-order valence-corrected chi connectivity index (χ4v) is 2.55. The minimum atomic E-state index is -0.891. The highest BCUT2D eigenvalue weighted by atomic mass is 19.1. The van der Waals surface area contributed by atoms with Crippen molar-refractivity contribution in [1.29, 1.82) is 0 Å². The Bertz CT molecular complexity index is 633. The number of aryl methyl sites for hydroxylation is 1. The molecule has 1 aromatic rings. The second-order valence-corrected chi connectivity index (χ2v) is 5.42. The van der Waals surface area contributed by atoms with E-state index >= 15 is 0 Å². The van der Waals surface area contributed by atoms with Gasteiger partial charge in [0.2, 0.25) is 11.8 Å². The van der Waals surface area contributed by atoms with Gasteiger partial charge in [0.1, 0.15) is 11.9 Å². The summed E-state index contributed by atoms with van der Waals surface area (Å²) in [5.41, 5.74) is 1.36. The largest absolute Gasteiger partial charge is 0.469 e. The molecule has 1 saturated heterocycles. The molecule has 1 fully saturated rings. The van der Waals surface area contributed by atoms with Crippen molar-refractivity contribution in [3.8, 4) is 0 Å². The fraction of sp³-hybridized carbons (Fsp3) is 0.438. The van der Waals surface area contributed by atoms with E-state index in [1.54, 1.807) is 13.0 Å². The first-order valence-electron chi connectivity index (χ1n) is 7.31. The Morgan fingerprint density at radius 2 is 2.17 bits per heavy atom. The molecule has 1 aromatic carbocycles. The Balaban J connectivity index is 2.16. The number of carbonyl (C=O) groups excluding carboxylic acids is 3. The summed E-state index contributed by atoms with van der Waals surface area (Å²) < 4.78 is 17.9. The van der Waals surface area contributed by atoms with Gasteiger partial charge in [-0.2, -0.15) is 0 Å². The first-order valence-corrected chi connectivity index (χ1v) is 7.31. The maximum atomic E-state index is 13.3. The molecule has 1 heterocycles. The molecule has 124 valence electrons. The zero-order chi connectivity index (χ0) is 17.0. The van der Waals surface area contributed by atoms with Crippen molar-refractivity contribution in [1.82, 2.24) is 10.2 Å². The number of hydrogen-bond acceptors (Lipinski definition) is 4. The van der Waals surface area contributed by atoms with E-state index in [1.165, 1.54) is 24.1 Å². The van der Waals surface area contributed by atoms with Gasteiger partial charge in [0.25, 0.3) is 0 Å². The van der Waals surface area contributed by atoms with E-state index in [9.17, 15) is 18.8 Å². The van der Waals surface area contributed by atoms with Crippen LogP contribution in [0, 0.1) is 12.7 Å². The maximum Gasteiger partial charge on any atom is 0.308 e. The summed E-state index contributed by atoms with van der Waals surface area (Å²) >= 11 is 0. The van der Waals surface area contributed by atoms with E-state index in [-0.39, 0.29) is 24.7 Å². The number of hydrogen-bond donors (Lipinski definition) is 1. The highest BCUT2D eigenvalue weighted by Gasteiger charge is 2.34. The van der Waals surface area contributed by atoms with Crippen LogP contribution in [0.5, 0.6) is 0 Å². The lowest BCUT2D eigenvalue weighted by Gasteiger charge is -2.34. The van der Waals surface area contributed by atoms with Crippen LogP contribution >= 0.6 is 0 Å². The molecule has 6 nitrogen and oxygen atoms in total. The van der Waals surface area contributed by atoms with E-state index in [0.29, 0.717) is 18.7 Å². The minimum absolute atomic E-state index is 0.0193. The van der Waals surface area contributed by atoms with Gasteiger partial charge in [-0.25, -0.2) is 4.39 Å². The zero-order valence-electron chi connectivity index (χ0n) is 13.1. The van der Waals surface area contributed by atoms with Crippen molar-refractivity contribution in [2.24, 2.45) is 0 Å². The molecule has 1 aliphatic heterocycles. The highest BCUT2D eigenvalue weighted by molar-refractivity contribution is 5.92. The monoisotopic (exact) mass is 322 g/mol. The van der Waals surface area contributed by atoms with Gasteiger partial charge in [0, 0.05) is 13.1 Å².